The molecule has 12 aromatic rings. The third-order valence-electron chi connectivity index (χ3n) is 11.4. The molecule has 0 aliphatic carbocycles. The number of rotatable bonds is 5. The van der Waals surface area contributed by atoms with E-state index in [1.165, 1.54) is 21.8 Å². The molecule has 12 rings (SSSR count). The molecule has 56 heavy (non-hydrogen) atoms. The molecule has 3 aromatic heterocycles. The molecule has 0 aliphatic heterocycles. The average Bonchev–Trinajstić information content (AvgIpc) is 3.95. The Balaban J connectivity index is 1.15. The average molecular weight is 717 g/mol. The van der Waals surface area contributed by atoms with Crippen LogP contribution in [0.15, 0.2) is 203 Å². The van der Waals surface area contributed by atoms with Crippen molar-refractivity contribution in [3.05, 3.63) is 194 Å². The van der Waals surface area contributed by atoms with Crippen LogP contribution < -0.4 is 4.90 Å². The molecule has 262 valence electrons. The molecule has 0 amide bonds. The number of fused-ring (bicyclic) bond motifs is 11. The van der Waals surface area contributed by atoms with Crippen molar-refractivity contribution < 1.29 is 8.83 Å². The van der Waals surface area contributed by atoms with Gasteiger partial charge in [0, 0.05) is 54.6 Å². The van der Waals surface area contributed by atoms with Gasteiger partial charge in [0.15, 0.2) is 5.58 Å². The van der Waals surface area contributed by atoms with Crippen LogP contribution >= 0.6 is 0 Å². The van der Waals surface area contributed by atoms with Gasteiger partial charge in [-0.05, 0) is 71.6 Å². The number of benzene rings is 9. The highest BCUT2D eigenvalue weighted by Crippen LogP contribution is 2.48. The largest absolute Gasteiger partial charge is 0.455 e. The molecule has 0 atom stereocenters. The SMILES string of the molecule is c1cc(N(c2ccccc2-c2cccc3oc4c5ccccc5ccc4c23)c2cccc3c2oc2ccccc23)cc(-n2c3ccccc3c3ccccc32)c1. The first-order valence-corrected chi connectivity index (χ1v) is 19.0. The van der Waals surface area contributed by atoms with Crippen LogP contribution in [-0.4, -0.2) is 4.57 Å². The predicted molar refractivity (Wildman–Crippen MR) is 233 cm³/mol. The maximum atomic E-state index is 6.77. The molecule has 4 nitrogen and oxygen atoms in total. The van der Waals surface area contributed by atoms with Gasteiger partial charge in [-0.2, -0.15) is 0 Å². The molecular formula is C52H32N2O2. The third kappa shape index (κ3) is 4.47. The maximum absolute atomic E-state index is 6.77. The zero-order valence-corrected chi connectivity index (χ0v) is 30.2. The Morgan fingerprint density at radius 3 is 1.84 bits per heavy atom. The van der Waals surface area contributed by atoms with E-state index in [0.717, 1.165) is 88.5 Å². The molecule has 0 bridgehead atoms. The maximum Gasteiger partial charge on any atom is 0.159 e. The van der Waals surface area contributed by atoms with Crippen LogP contribution in [-0.2, 0) is 0 Å². The van der Waals surface area contributed by atoms with Crippen molar-refractivity contribution in [2.24, 2.45) is 0 Å². The van der Waals surface area contributed by atoms with E-state index in [2.05, 4.69) is 198 Å². The van der Waals surface area contributed by atoms with Gasteiger partial charge in [-0.15, -0.1) is 0 Å². The quantitative estimate of drug-likeness (QED) is 0.178. The summed E-state index contributed by atoms with van der Waals surface area (Å²) in [5.41, 5.74) is 12.1. The van der Waals surface area contributed by atoms with E-state index in [9.17, 15) is 0 Å². The number of nitrogens with zero attached hydrogens (tertiary/aromatic N) is 2. The zero-order valence-electron chi connectivity index (χ0n) is 30.2. The molecule has 3 heterocycles. The second kappa shape index (κ2) is 12.0. The second-order valence-electron chi connectivity index (χ2n) is 14.4. The minimum atomic E-state index is 0.837. The molecule has 4 heteroatoms. The molecule has 0 aliphatic rings. The number of para-hydroxylation sites is 5. The minimum Gasteiger partial charge on any atom is -0.455 e. The van der Waals surface area contributed by atoms with Crippen LogP contribution in [0, 0.1) is 0 Å². The summed E-state index contributed by atoms with van der Waals surface area (Å²) in [5.74, 6) is 0. The first kappa shape index (κ1) is 30.9. The van der Waals surface area contributed by atoms with Crippen molar-refractivity contribution in [3.63, 3.8) is 0 Å². The lowest BCUT2D eigenvalue weighted by molar-refractivity contribution is 0.669. The summed E-state index contributed by atoms with van der Waals surface area (Å²) in [4.78, 5) is 2.37. The Morgan fingerprint density at radius 1 is 0.375 bits per heavy atom. The second-order valence-corrected chi connectivity index (χ2v) is 14.4. The molecule has 0 saturated heterocycles. The summed E-state index contributed by atoms with van der Waals surface area (Å²) < 4.78 is 15.8. The van der Waals surface area contributed by atoms with Crippen LogP contribution in [0.1, 0.15) is 0 Å². The lowest BCUT2D eigenvalue weighted by Crippen LogP contribution is -2.12. The fraction of sp³-hybridized carbons (Fsp3) is 0. The van der Waals surface area contributed by atoms with E-state index in [1.54, 1.807) is 0 Å². The van der Waals surface area contributed by atoms with Crippen LogP contribution in [0.3, 0.4) is 0 Å². The van der Waals surface area contributed by atoms with Gasteiger partial charge in [0.1, 0.15) is 16.7 Å². The lowest BCUT2D eigenvalue weighted by atomic mass is 9.96. The number of aromatic nitrogens is 1. The van der Waals surface area contributed by atoms with Gasteiger partial charge in [-0.3, -0.25) is 0 Å². The van der Waals surface area contributed by atoms with Crippen LogP contribution in [0.25, 0.3) is 93.3 Å². The summed E-state index contributed by atoms with van der Waals surface area (Å²) in [7, 11) is 0. The van der Waals surface area contributed by atoms with Crippen LogP contribution in [0.4, 0.5) is 17.1 Å². The highest BCUT2D eigenvalue weighted by Gasteiger charge is 2.24. The predicted octanol–water partition coefficient (Wildman–Crippen LogP) is 14.9. The Hall–Kier alpha value is -7.56. The van der Waals surface area contributed by atoms with E-state index >= 15 is 0 Å². The topological polar surface area (TPSA) is 34.5 Å². The fourth-order valence-electron chi connectivity index (χ4n) is 8.96. The summed E-state index contributed by atoms with van der Waals surface area (Å²) in [6, 6.07) is 68.9. The first-order valence-electron chi connectivity index (χ1n) is 19.0. The number of hydrogen-bond donors (Lipinski definition) is 0. The molecule has 0 unspecified atom stereocenters. The van der Waals surface area contributed by atoms with Gasteiger partial charge in [0.25, 0.3) is 0 Å². The fourth-order valence-corrected chi connectivity index (χ4v) is 8.96. The van der Waals surface area contributed by atoms with Crippen molar-refractivity contribution in [1.29, 1.82) is 0 Å². The van der Waals surface area contributed by atoms with E-state index in [1.807, 2.05) is 6.07 Å². The minimum absolute atomic E-state index is 0.837. The van der Waals surface area contributed by atoms with Crippen LogP contribution in [0.5, 0.6) is 0 Å². The van der Waals surface area contributed by atoms with Gasteiger partial charge in [0.05, 0.1) is 22.4 Å². The van der Waals surface area contributed by atoms with Gasteiger partial charge in [-0.1, -0.05) is 133 Å². The summed E-state index contributed by atoms with van der Waals surface area (Å²) >= 11 is 0. The van der Waals surface area contributed by atoms with Crippen molar-refractivity contribution in [2.75, 3.05) is 4.90 Å². The van der Waals surface area contributed by atoms with E-state index in [0.29, 0.717) is 0 Å². The standard InChI is InChI=1S/C52H32N2O2/c1-2-17-36-33(14-1)30-31-43-50-41(22-13-29-49(50)56-51(36)43)39-20-5-9-26-46(39)54(47-27-12-23-42-40-21-6-10-28-48(40)55-52(42)47)35-16-11-15-34(32-35)53-44-24-7-3-18-37(44)38-19-4-8-25-45(38)53/h1-32H. The Labute approximate surface area is 321 Å². The molecule has 9 aromatic carbocycles. The molecule has 0 N–H and O–H groups in total. The van der Waals surface area contributed by atoms with Crippen molar-refractivity contribution in [2.45, 2.75) is 0 Å². The van der Waals surface area contributed by atoms with E-state index < -0.39 is 0 Å². The Bertz CT molecular complexity index is 3460. The molecule has 0 spiro atoms. The van der Waals surface area contributed by atoms with Crippen molar-refractivity contribution in [3.8, 4) is 16.8 Å². The van der Waals surface area contributed by atoms with Crippen molar-refractivity contribution in [1.82, 2.24) is 4.57 Å². The number of furan rings is 2. The van der Waals surface area contributed by atoms with Gasteiger partial charge >= 0.3 is 0 Å². The van der Waals surface area contributed by atoms with E-state index in [-0.39, 0.29) is 0 Å². The first-order chi connectivity index (χ1) is 27.8. The lowest BCUT2D eigenvalue weighted by Gasteiger charge is -2.28. The highest BCUT2D eigenvalue weighted by molar-refractivity contribution is 6.20. The van der Waals surface area contributed by atoms with Gasteiger partial charge in [-0.25, -0.2) is 0 Å². The zero-order chi connectivity index (χ0) is 36.7. The molecule has 0 radical (unpaired) electrons. The number of anilines is 3. The smallest absolute Gasteiger partial charge is 0.159 e. The van der Waals surface area contributed by atoms with E-state index in [4.69, 9.17) is 8.83 Å². The third-order valence-corrected chi connectivity index (χ3v) is 11.4. The number of hydrogen-bond acceptors (Lipinski definition) is 3. The molecule has 0 saturated carbocycles. The normalized spacial score (nSPS) is 11.9. The van der Waals surface area contributed by atoms with Gasteiger partial charge in [0.2, 0.25) is 0 Å². The Kier molecular flexibility index (Phi) is 6.60. The van der Waals surface area contributed by atoms with Crippen LogP contribution in [0.2, 0.25) is 0 Å². The summed E-state index contributed by atoms with van der Waals surface area (Å²) in [6.45, 7) is 0. The van der Waals surface area contributed by atoms with Crippen molar-refractivity contribution >= 4 is 93.5 Å². The Morgan fingerprint density at radius 2 is 0.982 bits per heavy atom. The highest BCUT2D eigenvalue weighted by atomic mass is 16.3. The molecule has 0 fully saturated rings. The monoisotopic (exact) mass is 716 g/mol. The summed E-state index contributed by atoms with van der Waals surface area (Å²) in [5, 5.41) is 9.11. The van der Waals surface area contributed by atoms with Gasteiger partial charge < -0.3 is 18.3 Å². The summed E-state index contributed by atoms with van der Waals surface area (Å²) in [6.07, 6.45) is 0. The molecular weight excluding hydrogens is 685 g/mol.